The number of hydrogen-bond donors (Lipinski definition) is 3. The predicted molar refractivity (Wildman–Crippen MR) is 124 cm³/mol. The van der Waals surface area contributed by atoms with Crippen LogP contribution in [0.5, 0.6) is 0 Å². The second-order valence-electron chi connectivity index (χ2n) is 7.94. The van der Waals surface area contributed by atoms with E-state index in [9.17, 15) is 19.2 Å². The van der Waals surface area contributed by atoms with E-state index >= 15 is 0 Å². The van der Waals surface area contributed by atoms with Crippen molar-refractivity contribution in [2.75, 3.05) is 30.3 Å². The summed E-state index contributed by atoms with van der Waals surface area (Å²) in [7, 11) is 0. The van der Waals surface area contributed by atoms with Gasteiger partial charge in [0.15, 0.2) is 6.61 Å². The number of hydrogen-bond acceptors (Lipinski definition) is 5. The maximum atomic E-state index is 12.5. The molecular formula is C24H28N4O5. The molecule has 5 amide bonds. The van der Waals surface area contributed by atoms with Crippen molar-refractivity contribution in [3.05, 3.63) is 59.7 Å². The minimum atomic E-state index is -0.736. The molecule has 1 heterocycles. The van der Waals surface area contributed by atoms with Crippen molar-refractivity contribution in [2.24, 2.45) is 5.92 Å². The summed E-state index contributed by atoms with van der Waals surface area (Å²) in [5.74, 6) is -1.84. The Kier molecular flexibility index (Phi) is 8.01. The monoisotopic (exact) mass is 452 g/mol. The quantitative estimate of drug-likeness (QED) is 0.601. The molecule has 3 rings (SSSR count). The Morgan fingerprint density at radius 1 is 1.00 bits per heavy atom. The summed E-state index contributed by atoms with van der Waals surface area (Å²) >= 11 is 0. The maximum absolute atomic E-state index is 12.5. The third-order valence-corrected chi connectivity index (χ3v) is 5.52. The number of piperidine rings is 1. The van der Waals surface area contributed by atoms with E-state index < -0.39 is 30.4 Å². The molecule has 2 aromatic rings. The molecule has 0 bridgehead atoms. The van der Waals surface area contributed by atoms with Gasteiger partial charge in [-0.25, -0.2) is 9.59 Å². The first kappa shape index (κ1) is 23.8. The molecule has 9 nitrogen and oxygen atoms in total. The van der Waals surface area contributed by atoms with Crippen LogP contribution in [0.3, 0.4) is 0 Å². The molecule has 1 atom stereocenters. The molecule has 0 spiro atoms. The standard InChI is InChI=1S/C24H28N4O5/c1-16-8-6-12-20(17(16)2)26-23(31)27-21(29)15-33-22(30)18-9-7-13-28(14-18)24(32)25-19-10-4-3-5-11-19/h3-6,8,10-12,18H,7,9,13-15H2,1-2H3,(H,25,32)(H2,26,27,29,31). The number of anilines is 2. The van der Waals surface area contributed by atoms with E-state index in [2.05, 4.69) is 16.0 Å². The van der Waals surface area contributed by atoms with Gasteiger partial charge < -0.3 is 20.3 Å². The molecule has 33 heavy (non-hydrogen) atoms. The Morgan fingerprint density at radius 2 is 1.76 bits per heavy atom. The minimum Gasteiger partial charge on any atom is -0.455 e. The normalized spacial score (nSPS) is 15.3. The van der Waals surface area contributed by atoms with E-state index in [0.29, 0.717) is 30.8 Å². The number of ether oxygens (including phenoxy) is 1. The lowest BCUT2D eigenvalue weighted by Crippen LogP contribution is -2.45. The lowest BCUT2D eigenvalue weighted by Gasteiger charge is -2.31. The number of para-hydroxylation sites is 1. The molecule has 0 radical (unpaired) electrons. The lowest BCUT2D eigenvalue weighted by atomic mass is 9.98. The van der Waals surface area contributed by atoms with Gasteiger partial charge in [-0.1, -0.05) is 30.3 Å². The van der Waals surface area contributed by atoms with Gasteiger partial charge in [0, 0.05) is 24.5 Å². The number of aryl methyl sites for hydroxylation is 1. The molecular weight excluding hydrogens is 424 g/mol. The summed E-state index contributed by atoms with van der Waals surface area (Å²) in [5, 5.41) is 7.55. The van der Waals surface area contributed by atoms with Crippen LogP contribution < -0.4 is 16.0 Å². The Hall–Kier alpha value is -3.88. The van der Waals surface area contributed by atoms with Crippen LogP contribution in [0.2, 0.25) is 0 Å². The first-order valence-corrected chi connectivity index (χ1v) is 10.8. The van der Waals surface area contributed by atoms with Crippen LogP contribution in [0, 0.1) is 19.8 Å². The first-order chi connectivity index (χ1) is 15.8. The highest BCUT2D eigenvalue weighted by Gasteiger charge is 2.30. The van der Waals surface area contributed by atoms with Crippen LogP contribution in [0.4, 0.5) is 21.0 Å². The highest BCUT2D eigenvalue weighted by Crippen LogP contribution is 2.20. The summed E-state index contributed by atoms with van der Waals surface area (Å²) in [4.78, 5) is 50.6. The SMILES string of the molecule is Cc1cccc(NC(=O)NC(=O)COC(=O)C2CCCN(C(=O)Nc3ccccc3)C2)c1C. The van der Waals surface area contributed by atoms with Crippen LogP contribution in [0.15, 0.2) is 48.5 Å². The zero-order chi connectivity index (χ0) is 23.8. The number of rotatable bonds is 5. The molecule has 1 unspecified atom stereocenters. The molecule has 174 valence electrons. The second kappa shape index (κ2) is 11.1. The Bertz CT molecular complexity index is 1020. The Morgan fingerprint density at radius 3 is 2.52 bits per heavy atom. The number of nitrogens with one attached hydrogen (secondary N) is 3. The van der Waals surface area contributed by atoms with Crippen LogP contribution >= 0.6 is 0 Å². The maximum Gasteiger partial charge on any atom is 0.325 e. The van der Waals surface area contributed by atoms with Crippen LogP contribution in [0.25, 0.3) is 0 Å². The van der Waals surface area contributed by atoms with Gasteiger partial charge in [-0.2, -0.15) is 0 Å². The molecule has 2 aromatic carbocycles. The fraction of sp³-hybridized carbons (Fsp3) is 0.333. The predicted octanol–water partition coefficient (Wildman–Crippen LogP) is 3.44. The summed E-state index contributed by atoms with van der Waals surface area (Å²) in [6.45, 7) is 3.93. The minimum absolute atomic E-state index is 0.201. The summed E-state index contributed by atoms with van der Waals surface area (Å²) in [6, 6.07) is 13.5. The number of carbonyl (C=O) groups excluding carboxylic acids is 4. The number of likely N-dealkylation sites (tertiary alicyclic amines) is 1. The number of urea groups is 2. The zero-order valence-electron chi connectivity index (χ0n) is 18.7. The molecule has 1 saturated heterocycles. The number of imide groups is 1. The van der Waals surface area contributed by atoms with Gasteiger partial charge in [-0.05, 0) is 56.0 Å². The van der Waals surface area contributed by atoms with Crippen LogP contribution in [-0.4, -0.2) is 48.5 Å². The number of esters is 1. The molecule has 1 aliphatic heterocycles. The molecule has 1 fully saturated rings. The Balaban J connectivity index is 1.43. The summed E-state index contributed by atoms with van der Waals surface area (Å²) in [5.41, 5.74) is 3.16. The number of amides is 5. The molecule has 3 N–H and O–H groups in total. The first-order valence-electron chi connectivity index (χ1n) is 10.8. The van der Waals surface area contributed by atoms with E-state index in [4.69, 9.17) is 4.74 Å². The van der Waals surface area contributed by atoms with Gasteiger partial charge in [-0.3, -0.25) is 14.9 Å². The third kappa shape index (κ3) is 6.80. The molecule has 0 aromatic heterocycles. The van der Waals surface area contributed by atoms with Crippen molar-refractivity contribution < 1.29 is 23.9 Å². The number of carbonyl (C=O) groups is 4. The highest BCUT2D eigenvalue weighted by atomic mass is 16.5. The van der Waals surface area contributed by atoms with E-state index in [0.717, 1.165) is 11.1 Å². The topological polar surface area (TPSA) is 117 Å². The molecule has 9 heteroatoms. The van der Waals surface area contributed by atoms with Crippen LogP contribution in [0.1, 0.15) is 24.0 Å². The van der Waals surface area contributed by atoms with E-state index in [-0.39, 0.29) is 12.6 Å². The molecule has 0 aliphatic carbocycles. The summed E-state index contributed by atoms with van der Waals surface area (Å²) in [6.07, 6.45) is 1.20. The van der Waals surface area contributed by atoms with E-state index in [1.807, 2.05) is 38.1 Å². The second-order valence-corrected chi connectivity index (χ2v) is 7.94. The van der Waals surface area contributed by atoms with Crippen molar-refractivity contribution in [3.63, 3.8) is 0 Å². The van der Waals surface area contributed by atoms with Crippen molar-refractivity contribution in [2.45, 2.75) is 26.7 Å². The Labute approximate surface area is 192 Å². The van der Waals surface area contributed by atoms with Gasteiger partial charge in [0.25, 0.3) is 5.91 Å². The average molecular weight is 453 g/mol. The van der Waals surface area contributed by atoms with E-state index in [1.54, 1.807) is 29.2 Å². The average Bonchev–Trinajstić information content (AvgIpc) is 2.81. The molecule has 0 saturated carbocycles. The fourth-order valence-corrected chi connectivity index (χ4v) is 3.54. The fourth-order valence-electron chi connectivity index (χ4n) is 3.54. The van der Waals surface area contributed by atoms with Crippen LogP contribution in [-0.2, 0) is 14.3 Å². The van der Waals surface area contributed by atoms with E-state index in [1.165, 1.54) is 0 Å². The number of benzene rings is 2. The lowest BCUT2D eigenvalue weighted by molar-refractivity contribution is -0.153. The van der Waals surface area contributed by atoms with Gasteiger partial charge >= 0.3 is 18.0 Å². The highest BCUT2D eigenvalue weighted by molar-refractivity contribution is 6.02. The van der Waals surface area contributed by atoms with Crippen molar-refractivity contribution in [3.8, 4) is 0 Å². The van der Waals surface area contributed by atoms with Gasteiger partial charge in [-0.15, -0.1) is 0 Å². The molecule has 1 aliphatic rings. The van der Waals surface area contributed by atoms with Crippen molar-refractivity contribution >= 4 is 35.3 Å². The summed E-state index contributed by atoms with van der Waals surface area (Å²) < 4.78 is 5.09. The van der Waals surface area contributed by atoms with Crippen molar-refractivity contribution in [1.29, 1.82) is 0 Å². The van der Waals surface area contributed by atoms with Gasteiger partial charge in [0.1, 0.15) is 0 Å². The number of nitrogens with zero attached hydrogens (tertiary/aromatic N) is 1. The third-order valence-electron chi connectivity index (χ3n) is 5.52. The van der Waals surface area contributed by atoms with Gasteiger partial charge in [0.2, 0.25) is 0 Å². The largest absolute Gasteiger partial charge is 0.455 e. The van der Waals surface area contributed by atoms with Crippen molar-refractivity contribution in [1.82, 2.24) is 10.2 Å². The smallest absolute Gasteiger partial charge is 0.325 e. The zero-order valence-corrected chi connectivity index (χ0v) is 18.7. The van der Waals surface area contributed by atoms with Gasteiger partial charge in [0.05, 0.1) is 5.92 Å².